The first-order valence-corrected chi connectivity index (χ1v) is 3.96. The SMILES string of the molecule is Cl.Cl.N=C(N)c1cnc2ccccc2c1. The van der Waals surface area contributed by atoms with Crippen molar-refractivity contribution < 1.29 is 0 Å². The fraction of sp³-hybridized carbons (Fsp3) is 0. The van der Waals surface area contributed by atoms with Crippen molar-refractivity contribution in [3.8, 4) is 0 Å². The molecule has 2 rings (SSSR count). The fourth-order valence-corrected chi connectivity index (χ4v) is 1.22. The van der Waals surface area contributed by atoms with Crippen LogP contribution in [0.4, 0.5) is 0 Å². The van der Waals surface area contributed by atoms with Gasteiger partial charge in [0.15, 0.2) is 0 Å². The molecule has 3 nitrogen and oxygen atoms in total. The van der Waals surface area contributed by atoms with E-state index >= 15 is 0 Å². The van der Waals surface area contributed by atoms with Crippen LogP contribution in [0, 0.1) is 5.41 Å². The van der Waals surface area contributed by atoms with E-state index in [0.717, 1.165) is 10.9 Å². The number of para-hydroxylation sites is 1. The molecule has 0 aliphatic rings. The van der Waals surface area contributed by atoms with Gasteiger partial charge in [0.2, 0.25) is 0 Å². The van der Waals surface area contributed by atoms with E-state index in [2.05, 4.69) is 4.98 Å². The van der Waals surface area contributed by atoms with Crippen LogP contribution in [0.25, 0.3) is 10.9 Å². The van der Waals surface area contributed by atoms with E-state index in [-0.39, 0.29) is 30.6 Å². The molecule has 0 radical (unpaired) electrons. The summed E-state index contributed by atoms with van der Waals surface area (Å²) in [6.45, 7) is 0. The molecule has 80 valence electrons. The van der Waals surface area contributed by atoms with Gasteiger partial charge in [-0.15, -0.1) is 24.8 Å². The average molecular weight is 244 g/mol. The van der Waals surface area contributed by atoms with Gasteiger partial charge in [-0.25, -0.2) is 0 Å². The molecule has 1 aromatic carbocycles. The summed E-state index contributed by atoms with van der Waals surface area (Å²) in [4.78, 5) is 4.18. The monoisotopic (exact) mass is 243 g/mol. The number of aromatic nitrogens is 1. The third kappa shape index (κ3) is 2.81. The van der Waals surface area contributed by atoms with E-state index in [9.17, 15) is 0 Å². The Morgan fingerprint density at radius 3 is 2.53 bits per heavy atom. The zero-order valence-electron chi connectivity index (χ0n) is 7.81. The second kappa shape index (κ2) is 5.53. The number of nitrogen functional groups attached to an aromatic ring is 1. The molecule has 0 amide bonds. The Hall–Kier alpha value is -1.32. The number of amidine groups is 1. The molecule has 0 bridgehead atoms. The first-order chi connectivity index (χ1) is 6.27. The second-order valence-corrected chi connectivity index (χ2v) is 2.83. The molecule has 0 saturated heterocycles. The molecule has 2 aromatic rings. The molecule has 0 atom stereocenters. The summed E-state index contributed by atoms with van der Waals surface area (Å²) in [6.07, 6.45) is 1.62. The smallest absolute Gasteiger partial charge is 0.124 e. The highest BCUT2D eigenvalue weighted by molar-refractivity contribution is 5.97. The number of hydrogen-bond acceptors (Lipinski definition) is 2. The summed E-state index contributed by atoms with van der Waals surface area (Å²) in [6, 6.07) is 9.62. The maximum Gasteiger partial charge on any atom is 0.124 e. The molecule has 1 aromatic heterocycles. The molecule has 5 heteroatoms. The van der Waals surface area contributed by atoms with Gasteiger partial charge in [0.05, 0.1) is 5.52 Å². The highest BCUT2D eigenvalue weighted by atomic mass is 35.5. The van der Waals surface area contributed by atoms with Gasteiger partial charge >= 0.3 is 0 Å². The Bertz CT molecular complexity index is 471. The highest BCUT2D eigenvalue weighted by Crippen LogP contribution is 2.11. The van der Waals surface area contributed by atoms with Crippen molar-refractivity contribution in [3.63, 3.8) is 0 Å². The molecule has 15 heavy (non-hydrogen) atoms. The van der Waals surface area contributed by atoms with Crippen LogP contribution in [0.1, 0.15) is 5.56 Å². The number of rotatable bonds is 1. The molecule has 1 heterocycles. The third-order valence-electron chi connectivity index (χ3n) is 1.90. The number of nitrogens with one attached hydrogen (secondary N) is 1. The van der Waals surface area contributed by atoms with E-state index in [1.807, 2.05) is 30.3 Å². The maximum atomic E-state index is 7.25. The van der Waals surface area contributed by atoms with Gasteiger partial charge in [-0.05, 0) is 12.1 Å². The Kier molecular flexibility index (Phi) is 5.05. The summed E-state index contributed by atoms with van der Waals surface area (Å²) in [7, 11) is 0. The Morgan fingerprint density at radius 1 is 1.20 bits per heavy atom. The first-order valence-electron chi connectivity index (χ1n) is 3.96. The number of fused-ring (bicyclic) bond motifs is 1. The first kappa shape index (κ1) is 13.7. The number of nitrogens with two attached hydrogens (primary N) is 1. The van der Waals surface area contributed by atoms with Crippen molar-refractivity contribution in [2.75, 3.05) is 0 Å². The second-order valence-electron chi connectivity index (χ2n) is 2.83. The van der Waals surface area contributed by atoms with Crippen LogP contribution in [0.5, 0.6) is 0 Å². The molecule has 3 N–H and O–H groups in total. The summed E-state index contributed by atoms with van der Waals surface area (Å²) in [5.41, 5.74) is 6.94. The van der Waals surface area contributed by atoms with Gasteiger partial charge in [-0.3, -0.25) is 10.4 Å². The average Bonchev–Trinajstić information content (AvgIpc) is 2.17. The number of benzene rings is 1. The van der Waals surface area contributed by atoms with E-state index in [4.69, 9.17) is 11.1 Å². The maximum absolute atomic E-state index is 7.25. The molecule has 0 saturated carbocycles. The minimum atomic E-state index is 0. The lowest BCUT2D eigenvalue weighted by atomic mass is 10.1. The normalized spacial score (nSPS) is 8.80. The Morgan fingerprint density at radius 2 is 1.87 bits per heavy atom. The summed E-state index contributed by atoms with van der Waals surface area (Å²) in [5, 5.41) is 8.26. The van der Waals surface area contributed by atoms with E-state index < -0.39 is 0 Å². The number of pyridine rings is 1. The van der Waals surface area contributed by atoms with Crippen LogP contribution in [-0.2, 0) is 0 Å². The van der Waals surface area contributed by atoms with Crippen molar-refractivity contribution in [2.45, 2.75) is 0 Å². The van der Waals surface area contributed by atoms with Gasteiger partial charge in [0.25, 0.3) is 0 Å². The zero-order valence-corrected chi connectivity index (χ0v) is 9.44. The van der Waals surface area contributed by atoms with Gasteiger partial charge < -0.3 is 5.73 Å². The van der Waals surface area contributed by atoms with Crippen molar-refractivity contribution >= 4 is 41.6 Å². The highest BCUT2D eigenvalue weighted by Gasteiger charge is 1.98. The Labute approximate surface area is 100 Å². The molecule has 0 fully saturated rings. The van der Waals surface area contributed by atoms with E-state index in [0.29, 0.717) is 5.56 Å². The van der Waals surface area contributed by atoms with Gasteiger partial charge in [0.1, 0.15) is 5.84 Å². The van der Waals surface area contributed by atoms with Crippen LogP contribution in [0.2, 0.25) is 0 Å². The molecule has 0 unspecified atom stereocenters. The molecular formula is C10H11Cl2N3. The zero-order chi connectivity index (χ0) is 9.26. The van der Waals surface area contributed by atoms with Crippen LogP contribution in [0.15, 0.2) is 36.5 Å². The van der Waals surface area contributed by atoms with Crippen molar-refractivity contribution in [2.24, 2.45) is 5.73 Å². The van der Waals surface area contributed by atoms with E-state index in [1.165, 1.54) is 0 Å². The lowest BCUT2D eigenvalue weighted by molar-refractivity contribution is 1.35. The topological polar surface area (TPSA) is 62.8 Å². The van der Waals surface area contributed by atoms with Crippen LogP contribution >= 0.6 is 24.8 Å². The molecule has 0 spiro atoms. The quantitative estimate of drug-likeness (QED) is 0.597. The summed E-state index contributed by atoms with van der Waals surface area (Å²) >= 11 is 0. The number of nitrogens with zero attached hydrogens (tertiary/aromatic N) is 1. The van der Waals surface area contributed by atoms with Crippen LogP contribution in [-0.4, -0.2) is 10.8 Å². The fourth-order valence-electron chi connectivity index (χ4n) is 1.22. The predicted octanol–water partition coefficient (Wildman–Crippen LogP) is 2.36. The van der Waals surface area contributed by atoms with Crippen molar-refractivity contribution in [1.82, 2.24) is 4.98 Å². The molecule has 0 aliphatic heterocycles. The van der Waals surface area contributed by atoms with Crippen LogP contribution in [0.3, 0.4) is 0 Å². The summed E-state index contributed by atoms with van der Waals surface area (Å²) in [5.74, 6) is 0.0539. The minimum absolute atomic E-state index is 0. The summed E-state index contributed by atoms with van der Waals surface area (Å²) < 4.78 is 0. The van der Waals surface area contributed by atoms with Crippen LogP contribution < -0.4 is 5.73 Å². The lowest BCUT2D eigenvalue weighted by Gasteiger charge is -1.99. The third-order valence-corrected chi connectivity index (χ3v) is 1.90. The van der Waals surface area contributed by atoms with Crippen molar-refractivity contribution in [3.05, 3.63) is 42.1 Å². The van der Waals surface area contributed by atoms with Gasteiger partial charge in [0, 0.05) is 17.1 Å². The molecule has 0 aliphatic carbocycles. The molecular weight excluding hydrogens is 233 g/mol. The van der Waals surface area contributed by atoms with Crippen molar-refractivity contribution in [1.29, 1.82) is 5.41 Å². The largest absolute Gasteiger partial charge is 0.384 e. The van der Waals surface area contributed by atoms with Gasteiger partial charge in [-0.1, -0.05) is 18.2 Å². The Balaban J connectivity index is 0.000000980. The predicted molar refractivity (Wildman–Crippen MR) is 67.3 cm³/mol. The minimum Gasteiger partial charge on any atom is -0.384 e. The number of halogens is 2. The van der Waals surface area contributed by atoms with E-state index in [1.54, 1.807) is 6.20 Å². The standard InChI is InChI=1S/C10H9N3.2ClH/c11-10(12)8-5-7-3-1-2-4-9(7)13-6-8;;/h1-6H,(H3,11,12);2*1H. The lowest BCUT2D eigenvalue weighted by Crippen LogP contribution is -2.11. The van der Waals surface area contributed by atoms with Gasteiger partial charge in [-0.2, -0.15) is 0 Å². The number of hydrogen-bond donors (Lipinski definition) is 2.